The zero-order valence-electron chi connectivity index (χ0n) is 13.9. The molecule has 126 valence electrons. The van der Waals surface area contributed by atoms with Gasteiger partial charge in [0.05, 0.1) is 7.11 Å². The first-order valence-corrected chi connectivity index (χ1v) is 8.25. The quantitative estimate of drug-likeness (QED) is 0.915. The van der Waals surface area contributed by atoms with Crippen LogP contribution in [0, 0.1) is 0 Å². The van der Waals surface area contributed by atoms with E-state index in [0.717, 1.165) is 37.2 Å². The number of anilines is 1. The van der Waals surface area contributed by atoms with Crippen LogP contribution in [-0.4, -0.2) is 41.0 Å². The van der Waals surface area contributed by atoms with Crippen LogP contribution >= 0.6 is 0 Å². The molecule has 0 unspecified atom stereocenters. The third-order valence-corrected chi connectivity index (χ3v) is 4.13. The zero-order chi connectivity index (χ0) is 16.8. The van der Waals surface area contributed by atoms with Gasteiger partial charge in [-0.3, -0.25) is 4.79 Å². The van der Waals surface area contributed by atoms with Gasteiger partial charge in [-0.25, -0.2) is 9.97 Å². The molecule has 2 heterocycles. The number of benzene rings is 1. The Bertz CT molecular complexity index is 682. The topological polar surface area (TPSA) is 67.3 Å². The third-order valence-electron chi connectivity index (χ3n) is 4.13. The monoisotopic (exact) mass is 326 g/mol. The molecular formula is C18H22N4O2. The van der Waals surface area contributed by atoms with Crippen molar-refractivity contribution in [3.8, 4) is 5.75 Å². The van der Waals surface area contributed by atoms with Crippen molar-refractivity contribution in [2.24, 2.45) is 0 Å². The zero-order valence-corrected chi connectivity index (χ0v) is 13.9. The summed E-state index contributed by atoms with van der Waals surface area (Å²) in [7, 11) is 1.64. The summed E-state index contributed by atoms with van der Waals surface area (Å²) in [6.07, 6.45) is 4.96. The number of carbonyl (C=O) groups excluding carboxylic acids is 1. The fourth-order valence-electron chi connectivity index (χ4n) is 2.75. The molecule has 0 bridgehead atoms. The Labute approximate surface area is 141 Å². The van der Waals surface area contributed by atoms with E-state index in [1.807, 2.05) is 29.2 Å². The Kier molecular flexibility index (Phi) is 5.25. The van der Waals surface area contributed by atoms with Gasteiger partial charge in [0.25, 0.3) is 5.91 Å². The molecule has 0 saturated carbocycles. The van der Waals surface area contributed by atoms with Crippen LogP contribution in [0.4, 0.5) is 5.95 Å². The smallest absolute Gasteiger partial charge is 0.272 e. The predicted molar refractivity (Wildman–Crippen MR) is 92.1 cm³/mol. The number of hydrogen-bond donors (Lipinski definition) is 1. The van der Waals surface area contributed by atoms with E-state index in [4.69, 9.17) is 4.74 Å². The lowest BCUT2D eigenvalue weighted by molar-refractivity contribution is 0.0718. The standard InChI is InChI=1S/C18H22N4O2/c1-24-15-7-5-14(6-8-15)13-20-18-19-10-9-16(21-18)17(23)22-11-3-2-4-12-22/h5-10H,2-4,11-13H2,1H3,(H,19,20,21). The molecule has 6 nitrogen and oxygen atoms in total. The fraction of sp³-hybridized carbons (Fsp3) is 0.389. The normalized spacial score (nSPS) is 14.3. The van der Waals surface area contributed by atoms with Gasteiger partial charge < -0.3 is 15.0 Å². The van der Waals surface area contributed by atoms with Gasteiger partial charge in [-0.1, -0.05) is 12.1 Å². The molecule has 1 aliphatic rings. The number of amides is 1. The molecule has 0 atom stereocenters. The molecule has 1 fully saturated rings. The Balaban J connectivity index is 1.62. The second kappa shape index (κ2) is 7.77. The van der Waals surface area contributed by atoms with Crippen molar-refractivity contribution in [2.75, 3.05) is 25.5 Å². The predicted octanol–water partition coefficient (Wildman–Crippen LogP) is 2.72. The SMILES string of the molecule is COc1ccc(CNc2nccc(C(=O)N3CCCCC3)n2)cc1. The highest BCUT2D eigenvalue weighted by molar-refractivity contribution is 5.92. The van der Waals surface area contributed by atoms with Crippen molar-refractivity contribution in [1.82, 2.24) is 14.9 Å². The lowest BCUT2D eigenvalue weighted by Crippen LogP contribution is -2.36. The van der Waals surface area contributed by atoms with Gasteiger partial charge in [0.2, 0.25) is 5.95 Å². The number of piperidine rings is 1. The molecular weight excluding hydrogens is 304 g/mol. The number of carbonyl (C=O) groups is 1. The number of likely N-dealkylation sites (tertiary alicyclic amines) is 1. The molecule has 3 rings (SSSR count). The van der Waals surface area contributed by atoms with Gasteiger partial charge in [-0.15, -0.1) is 0 Å². The average Bonchev–Trinajstić information content (AvgIpc) is 2.67. The fourth-order valence-corrected chi connectivity index (χ4v) is 2.75. The van der Waals surface area contributed by atoms with Crippen LogP contribution in [0.25, 0.3) is 0 Å². The van der Waals surface area contributed by atoms with Crippen LogP contribution in [0.3, 0.4) is 0 Å². The van der Waals surface area contributed by atoms with Gasteiger partial charge >= 0.3 is 0 Å². The summed E-state index contributed by atoms with van der Waals surface area (Å²) in [6.45, 7) is 2.22. The molecule has 1 saturated heterocycles. The highest BCUT2D eigenvalue weighted by Gasteiger charge is 2.19. The lowest BCUT2D eigenvalue weighted by Gasteiger charge is -2.26. The number of nitrogens with zero attached hydrogens (tertiary/aromatic N) is 3. The number of ether oxygens (including phenoxy) is 1. The molecule has 2 aromatic rings. The number of methoxy groups -OCH3 is 1. The van der Waals surface area contributed by atoms with E-state index in [-0.39, 0.29) is 5.91 Å². The highest BCUT2D eigenvalue weighted by atomic mass is 16.5. The first kappa shape index (κ1) is 16.2. The Hall–Kier alpha value is -2.63. The first-order chi connectivity index (χ1) is 11.8. The van der Waals surface area contributed by atoms with Crippen molar-refractivity contribution in [2.45, 2.75) is 25.8 Å². The molecule has 6 heteroatoms. The number of nitrogens with one attached hydrogen (secondary N) is 1. The maximum atomic E-state index is 12.5. The van der Waals surface area contributed by atoms with E-state index in [0.29, 0.717) is 18.2 Å². The number of aromatic nitrogens is 2. The van der Waals surface area contributed by atoms with Crippen LogP contribution in [-0.2, 0) is 6.54 Å². The molecule has 0 spiro atoms. The van der Waals surface area contributed by atoms with Crippen molar-refractivity contribution >= 4 is 11.9 Å². The van der Waals surface area contributed by atoms with E-state index in [9.17, 15) is 4.79 Å². The molecule has 1 amide bonds. The van der Waals surface area contributed by atoms with Crippen LogP contribution in [0.2, 0.25) is 0 Å². The lowest BCUT2D eigenvalue weighted by atomic mass is 10.1. The van der Waals surface area contributed by atoms with Gasteiger partial charge in [-0.2, -0.15) is 0 Å². The molecule has 1 aromatic heterocycles. The first-order valence-electron chi connectivity index (χ1n) is 8.25. The van der Waals surface area contributed by atoms with Crippen LogP contribution in [0.1, 0.15) is 35.3 Å². The van der Waals surface area contributed by atoms with E-state index in [1.54, 1.807) is 19.4 Å². The average molecular weight is 326 g/mol. The summed E-state index contributed by atoms with van der Waals surface area (Å²) in [5.41, 5.74) is 1.54. The van der Waals surface area contributed by atoms with Gasteiger partial charge in [0.1, 0.15) is 11.4 Å². The summed E-state index contributed by atoms with van der Waals surface area (Å²) in [5, 5.41) is 3.16. The maximum absolute atomic E-state index is 12.5. The van der Waals surface area contributed by atoms with E-state index in [2.05, 4.69) is 15.3 Å². The van der Waals surface area contributed by atoms with Gasteiger partial charge in [0.15, 0.2) is 0 Å². The second-order valence-corrected chi connectivity index (χ2v) is 5.82. The van der Waals surface area contributed by atoms with Crippen LogP contribution in [0.5, 0.6) is 5.75 Å². The molecule has 0 aliphatic carbocycles. The van der Waals surface area contributed by atoms with E-state index >= 15 is 0 Å². The van der Waals surface area contributed by atoms with Crippen LogP contribution < -0.4 is 10.1 Å². The molecule has 1 N–H and O–H groups in total. The summed E-state index contributed by atoms with van der Waals surface area (Å²) >= 11 is 0. The van der Waals surface area contributed by atoms with Gasteiger partial charge in [-0.05, 0) is 43.0 Å². The molecule has 1 aliphatic heterocycles. The molecule has 0 radical (unpaired) electrons. The third kappa shape index (κ3) is 4.01. The Morgan fingerprint density at radius 1 is 1.17 bits per heavy atom. The molecule has 1 aromatic carbocycles. The summed E-state index contributed by atoms with van der Waals surface area (Å²) < 4.78 is 5.14. The second-order valence-electron chi connectivity index (χ2n) is 5.82. The van der Waals surface area contributed by atoms with E-state index in [1.165, 1.54) is 6.42 Å². The summed E-state index contributed by atoms with van der Waals surface area (Å²) in [4.78, 5) is 22.9. The summed E-state index contributed by atoms with van der Waals surface area (Å²) in [6, 6.07) is 9.46. The minimum atomic E-state index is -0.00963. The Morgan fingerprint density at radius 3 is 2.62 bits per heavy atom. The minimum absolute atomic E-state index is 0.00963. The van der Waals surface area contributed by atoms with Crippen molar-refractivity contribution < 1.29 is 9.53 Å². The largest absolute Gasteiger partial charge is 0.497 e. The Morgan fingerprint density at radius 2 is 1.92 bits per heavy atom. The highest BCUT2D eigenvalue weighted by Crippen LogP contribution is 2.14. The van der Waals surface area contributed by atoms with E-state index < -0.39 is 0 Å². The van der Waals surface area contributed by atoms with Crippen molar-refractivity contribution in [3.05, 3.63) is 47.8 Å². The summed E-state index contributed by atoms with van der Waals surface area (Å²) in [5.74, 6) is 1.28. The van der Waals surface area contributed by atoms with Gasteiger partial charge in [0, 0.05) is 25.8 Å². The van der Waals surface area contributed by atoms with Crippen LogP contribution in [0.15, 0.2) is 36.5 Å². The van der Waals surface area contributed by atoms with Crippen molar-refractivity contribution in [3.63, 3.8) is 0 Å². The number of hydrogen-bond acceptors (Lipinski definition) is 5. The number of rotatable bonds is 5. The minimum Gasteiger partial charge on any atom is -0.497 e. The van der Waals surface area contributed by atoms with Crippen molar-refractivity contribution in [1.29, 1.82) is 0 Å². The molecule has 24 heavy (non-hydrogen) atoms. The maximum Gasteiger partial charge on any atom is 0.272 e.